The van der Waals surface area contributed by atoms with Gasteiger partial charge in [-0.15, -0.1) is 0 Å². The molecular formula is C7H7BrClNO3S. The topological polar surface area (TPSA) is 55.4 Å². The van der Waals surface area contributed by atoms with E-state index in [0.717, 1.165) is 0 Å². The lowest BCUT2D eigenvalue weighted by Crippen LogP contribution is -2.22. The molecule has 0 heterocycles. The molecule has 78 valence electrons. The smallest absolute Gasteiger partial charge is 0.263 e. The zero-order valence-electron chi connectivity index (χ0n) is 7.12. The van der Waals surface area contributed by atoms with Gasteiger partial charge in [0.2, 0.25) is 0 Å². The van der Waals surface area contributed by atoms with Gasteiger partial charge in [0.05, 0.1) is 12.1 Å². The van der Waals surface area contributed by atoms with Crippen LogP contribution in [-0.2, 0) is 14.9 Å². The lowest BCUT2D eigenvalue weighted by molar-refractivity contribution is 0.153. The summed E-state index contributed by atoms with van der Waals surface area (Å²) in [5.74, 6) is 0. The molecule has 0 aliphatic carbocycles. The van der Waals surface area contributed by atoms with Crippen molar-refractivity contribution in [3.05, 3.63) is 27.7 Å². The monoisotopic (exact) mass is 299 g/mol. The maximum atomic E-state index is 11.4. The van der Waals surface area contributed by atoms with Crippen LogP contribution < -0.4 is 4.89 Å². The van der Waals surface area contributed by atoms with Crippen LogP contribution in [-0.4, -0.2) is 15.5 Å². The van der Waals surface area contributed by atoms with Gasteiger partial charge in [0.15, 0.2) is 0 Å². The molecule has 0 amide bonds. The Morgan fingerprint density at radius 3 is 2.64 bits per heavy atom. The van der Waals surface area contributed by atoms with Crippen LogP contribution in [0, 0.1) is 0 Å². The first-order valence-electron chi connectivity index (χ1n) is 3.47. The number of sulfonamides is 1. The van der Waals surface area contributed by atoms with E-state index in [0.29, 0.717) is 4.47 Å². The van der Waals surface area contributed by atoms with E-state index < -0.39 is 10.0 Å². The predicted molar refractivity (Wildman–Crippen MR) is 56.5 cm³/mol. The Labute approximate surface area is 95.3 Å². The lowest BCUT2D eigenvalue weighted by atomic mass is 10.4. The molecule has 1 aromatic rings. The fourth-order valence-corrected chi connectivity index (χ4v) is 2.70. The normalized spacial score (nSPS) is 11.6. The molecule has 0 atom stereocenters. The first kappa shape index (κ1) is 11.9. The largest absolute Gasteiger partial charge is 0.290 e. The second kappa shape index (κ2) is 4.59. The highest BCUT2D eigenvalue weighted by molar-refractivity contribution is 9.10. The Morgan fingerprint density at radius 2 is 2.14 bits per heavy atom. The van der Waals surface area contributed by atoms with E-state index in [1.54, 1.807) is 6.07 Å². The van der Waals surface area contributed by atoms with Gasteiger partial charge in [-0.05, 0) is 18.2 Å². The number of halogens is 2. The van der Waals surface area contributed by atoms with E-state index in [9.17, 15) is 8.42 Å². The minimum absolute atomic E-state index is 0.0239. The summed E-state index contributed by atoms with van der Waals surface area (Å²) in [5, 5.41) is 0.129. The van der Waals surface area contributed by atoms with Crippen molar-refractivity contribution in [2.45, 2.75) is 4.90 Å². The van der Waals surface area contributed by atoms with E-state index >= 15 is 0 Å². The predicted octanol–water partition coefficient (Wildman–Crippen LogP) is 1.94. The molecule has 7 heteroatoms. The molecule has 0 fully saturated rings. The van der Waals surface area contributed by atoms with E-state index in [4.69, 9.17) is 11.6 Å². The molecule has 0 aromatic heterocycles. The standard InChI is InChI=1S/C7H7BrClNO3S/c1-13-10-14(11,12)7-3-2-5(8)4-6(7)9/h2-4,10H,1H3. The zero-order chi connectivity index (χ0) is 10.8. The van der Waals surface area contributed by atoms with Gasteiger partial charge in [-0.3, -0.25) is 4.84 Å². The van der Waals surface area contributed by atoms with Gasteiger partial charge in [-0.2, -0.15) is 0 Å². The second-order valence-corrected chi connectivity index (χ2v) is 5.30. The summed E-state index contributed by atoms with van der Waals surface area (Å²) in [4.78, 5) is 6.18. The summed E-state index contributed by atoms with van der Waals surface area (Å²) in [5.41, 5.74) is 0. The summed E-state index contributed by atoms with van der Waals surface area (Å²) < 4.78 is 23.6. The molecule has 0 saturated heterocycles. The van der Waals surface area contributed by atoms with Crippen LogP contribution in [0.2, 0.25) is 5.02 Å². The maximum absolute atomic E-state index is 11.4. The Hall–Kier alpha value is -0.140. The molecule has 1 aromatic carbocycles. The first-order chi connectivity index (χ1) is 6.47. The molecule has 0 aliphatic rings. The highest BCUT2D eigenvalue weighted by Crippen LogP contribution is 2.24. The maximum Gasteiger partial charge on any atom is 0.263 e. The third-order valence-corrected chi connectivity index (χ3v) is 3.62. The van der Waals surface area contributed by atoms with Crippen molar-refractivity contribution >= 4 is 37.6 Å². The second-order valence-electron chi connectivity index (χ2n) is 2.37. The fraction of sp³-hybridized carbons (Fsp3) is 0.143. The van der Waals surface area contributed by atoms with Gasteiger partial charge in [0.25, 0.3) is 10.0 Å². The van der Waals surface area contributed by atoms with Crippen LogP contribution >= 0.6 is 27.5 Å². The van der Waals surface area contributed by atoms with Crippen molar-refractivity contribution in [3.8, 4) is 0 Å². The van der Waals surface area contributed by atoms with Gasteiger partial charge in [0, 0.05) is 4.47 Å². The molecule has 0 aliphatic heterocycles. The Balaban J connectivity index is 3.20. The van der Waals surface area contributed by atoms with Crippen LogP contribution in [0.4, 0.5) is 0 Å². The molecule has 0 spiro atoms. The minimum Gasteiger partial charge on any atom is -0.290 e. The summed E-state index contributed by atoms with van der Waals surface area (Å²) in [6, 6.07) is 4.45. The van der Waals surface area contributed by atoms with Crippen molar-refractivity contribution in [2.24, 2.45) is 0 Å². The number of rotatable bonds is 3. The Kier molecular flexibility index (Phi) is 3.91. The Morgan fingerprint density at radius 1 is 1.50 bits per heavy atom. The first-order valence-corrected chi connectivity index (χ1v) is 6.12. The average Bonchev–Trinajstić information content (AvgIpc) is 2.02. The highest BCUT2D eigenvalue weighted by atomic mass is 79.9. The third-order valence-electron chi connectivity index (χ3n) is 1.38. The fourth-order valence-electron chi connectivity index (χ4n) is 0.848. The summed E-state index contributed by atoms with van der Waals surface area (Å²) in [6.45, 7) is 0. The zero-order valence-corrected chi connectivity index (χ0v) is 10.3. The average molecular weight is 301 g/mol. The molecular weight excluding hydrogens is 294 g/mol. The number of benzene rings is 1. The number of hydrogen-bond donors (Lipinski definition) is 1. The quantitative estimate of drug-likeness (QED) is 0.868. The van der Waals surface area contributed by atoms with Gasteiger partial charge < -0.3 is 0 Å². The summed E-state index contributed by atoms with van der Waals surface area (Å²) in [6.07, 6.45) is 0. The van der Waals surface area contributed by atoms with E-state index in [-0.39, 0.29) is 9.92 Å². The molecule has 0 saturated carbocycles. The van der Waals surface area contributed by atoms with Crippen molar-refractivity contribution in [3.63, 3.8) is 0 Å². The van der Waals surface area contributed by atoms with Gasteiger partial charge in [-0.25, -0.2) is 8.42 Å². The molecule has 1 N–H and O–H groups in total. The van der Waals surface area contributed by atoms with E-state index in [2.05, 4.69) is 20.8 Å². The third kappa shape index (κ3) is 2.68. The van der Waals surface area contributed by atoms with Crippen molar-refractivity contribution in [1.82, 2.24) is 4.89 Å². The summed E-state index contributed by atoms with van der Waals surface area (Å²) >= 11 is 8.92. The van der Waals surface area contributed by atoms with E-state index in [1.165, 1.54) is 19.2 Å². The molecule has 14 heavy (non-hydrogen) atoms. The number of hydrogen-bond acceptors (Lipinski definition) is 3. The molecule has 4 nitrogen and oxygen atoms in total. The van der Waals surface area contributed by atoms with E-state index in [1.807, 2.05) is 4.89 Å². The molecule has 0 radical (unpaired) electrons. The minimum atomic E-state index is -3.68. The van der Waals surface area contributed by atoms with Crippen molar-refractivity contribution in [1.29, 1.82) is 0 Å². The molecule has 0 bridgehead atoms. The van der Waals surface area contributed by atoms with Crippen LogP contribution in [0.5, 0.6) is 0 Å². The van der Waals surface area contributed by atoms with Crippen LogP contribution in [0.3, 0.4) is 0 Å². The van der Waals surface area contributed by atoms with Crippen molar-refractivity contribution in [2.75, 3.05) is 7.11 Å². The summed E-state index contributed by atoms with van der Waals surface area (Å²) in [7, 11) is -2.47. The van der Waals surface area contributed by atoms with Gasteiger partial charge >= 0.3 is 0 Å². The van der Waals surface area contributed by atoms with Crippen LogP contribution in [0.15, 0.2) is 27.6 Å². The van der Waals surface area contributed by atoms with Gasteiger partial charge in [0.1, 0.15) is 4.90 Å². The molecule has 1 rings (SSSR count). The van der Waals surface area contributed by atoms with Gasteiger partial charge in [-0.1, -0.05) is 32.4 Å². The van der Waals surface area contributed by atoms with Crippen LogP contribution in [0.25, 0.3) is 0 Å². The lowest BCUT2D eigenvalue weighted by Gasteiger charge is -2.05. The molecule has 0 unspecified atom stereocenters. The SMILES string of the molecule is CONS(=O)(=O)c1ccc(Br)cc1Cl. The van der Waals surface area contributed by atoms with Crippen molar-refractivity contribution < 1.29 is 13.3 Å². The Bertz CT molecular complexity index is 435. The number of nitrogens with one attached hydrogen (secondary N) is 1. The highest BCUT2D eigenvalue weighted by Gasteiger charge is 2.17. The van der Waals surface area contributed by atoms with Crippen LogP contribution in [0.1, 0.15) is 0 Å².